The monoisotopic (exact) mass is 785 g/mol. The molecule has 0 aliphatic carbocycles. The van der Waals surface area contributed by atoms with E-state index in [4.69, 9.17) is 25.8 Å². The molecule has 0 unspecified atom stereocenters. The maximum atomic E-state index is 14.8. The van der Waals surface area contributed by atoms with E-state index in [0.717, 1.165) is 19.9 Å². The zero-order valence-corrected chi connectivity index (χ0v) is 31.7. The third kappa shape index (κ3) is 9.70. The van der Waals surface area contributed by atoms with E-state index in [1.807, 2.05) is 68.4 Å². The van der Waals surface area contributed by atoms with Crippen LogP contribution in [0.25, 0.3) is 0 Å². The fraction of sp³-hybridized carbons (Fsp3) is 0.297. The molecular weight excluding hydrogens is 746 g/mol. The highest BCUT2D eigenvalue weighted by molar-refractivity contribution is 9.10. The average Bonchev–Trinajstić information content (AvgIpc) is 3.10. The Morgan fingerprint density at radius 2 is 1.48 bits per heavy atom. The molecule has 4 aromatic rings. The third-order valence-corrected chi connectivity index (χ3v) is 10.3. The number of hydrogen-bond donors (Lipinski definition) is 1. The number of nitrogens with one attached hydrogen (secondary N) is 1. The summed E-state index contributed by atoms with van der Waals surface area (Å²) in [4.78, 5) is 30.0. The van der Waals surface area contributed by atoms with E-state index in [0.29, 0.717) is 12.3 Å². The topological polar surface area (TPSA) is 114 Å². The fourth-order valence-corrected chi connectivity index (χ4v) is 7.33. The maximum Gasteiger partial charge on any atom is 0.265 e. The van der Waals surface area contributed by atoms with Gasteiger partial charge < -0.3 is 24.4 Å². The lowest BCUT2D eigenvalue weighted by Gasteiger charge is -2.34. The number of hydrogen-bond acceptors (Lipinski definition) is 7. The van der Waals surface area contributed by atoms with Gasteiger partial charge in [0.1, 0.15) is 18.3 Å². The molecule has 0 bridgehead atoms. The first-order valence-corrected chi connectivity index (χ1v) is 18.4. The average molecular weight is 787 g/mol. The quantitative estimate of drug-likeness (QED) is 0.134. The molecule has 50 heavy (non-hydrogen) atoms. The second-order valence-corrected chi connectivity index (χ2v) is 15.1. The number of benzene rings is 4. The summed E-state index contributed by atoms with van der Waals surface area (Å²) < 4.78 is 47.2. The van der Waals surface area contributed by atoms with Crippen LogP contribution in [0.3, 0.4) is 0 Å². The Balaban J connectivity index is 1.88. The lowest BCUT2D eigenvalue weighted by Crippen LogP contribution is -2.53. The van der Waals surface area contributed by atoms with E-state index < -0.39 is 28.5 Å². The number of carbonyl (C=O) groups is 2. The van der Waals surface area contributed by atoms with Crippen LogP contribution in [0.4, 0.5) is 5.69 Å². The molecule has 0 aliphatic rings. The predicted molar refractivity (Wildman–Crippen MR) is 199 cm³/mol. The zero-order chi connectivity index (χ0) is 36.4. The van der Waals surface area contributed by atoms with Gasteiger partial charge in [0.2, 0.25) is 11.8 Å². The summed E-state index contributed by atoms with van der Waals surface area (Å²) in [5.74, 6) is -0.162. The van der Waals surface area contributed by atoms with Gasteiger partial charge >= 0.3 is 0 Å². The van der Waals surface area contributed by atoms with Gasteiger partial charge in [-0.1, -0.05) is 83.8 Å². The van der Waals surface area contributed by atoms with E-state index in [1.165, 1.54) is 56.6 Å². The van der Waals surface area contributed by atoms with E-state index in [-0.39, 0.29) is 51.9 Å². The number of rotatable bonds is 16. The van der Waals surface area contributed by atoms with Crippen LogP contribution in [-0.4, -0.2) is 65.6 Å². The molecule has 0 aliphatic heterocycles. The lowest BCUT2D eigenvalue weighted by molar-refractivity contribution is -0.140. The van der Waals surface area contributed by atoms with Crippen molar-refractivity contribution in [2.45, 2.75) is 37.8 Å². The minimum atomic E-state index is -4.49. The van der Waals surface area contributed by atoms with E-state index in [1.54, 1.807) is 6.07 Å². The molecule has 4 rings (SSSR count). The molecule has 0 fully saturated rings. The van der Waals surface area contributed by atoms with Crippen LogP contribution >= 0.6 is 27.5 Å². The molecule has 10 nitrogen and oxygen atoms in total. The standard InChI is InChI=1S/C37H41BrClN3O7S/c1-25(2)22-40-37(44)32(19-26-10-7-6-8-11-26)41(23-27-12-9-13-28(38)18-27)36(43)24-42(31-20-29(39)14-16-33(31)47-3)50(45,46)30-15-17-34(48-4)35(21-30)49-5/h6-18,20-21,25,32H,19,22-24H2,1-5H3,(H,40,44)/t32-/m1/s1. The Kier molecular flexibility index (Phi) is 13.6. The van der Waals surface area contributed by atoms with Gasteiger partial charge in [-0.3, -0.25) is 13.9 Å². The lowest BCUT2D eigenvalue weighted by atomic mass is 10.0. The van der Waals surface area contributed by atoms with Crippen LogP contribution in [-0.2, 0) is 32.6 Å². The molecule has 0 spiro atoms. The minimum absolute atomic E-state index is 0.0157. The fourth-order valence-electron chi connectivity index (χ4n) is 5.28. The third-order valence-electron chi connectivity index (χ3n) is 7.83. The summed E-state index contributed by atoms with van der Waals surface area (Å²) >= 11 is 9.90. The minimum Gasteiger partial charge on any atom is -0.495 e. The largest absolute Gasteiger partial charge is 0.495 e. The predicted octanol–water partition coefficient (Wildman–Crippen LogP) is 6.74. The second kappa shape index (κ2) is 17.6. The van der Waals surface area contributed by atoms with Crippen molar-refractivity contribution in [3.05, 3.63) is 112 Å². The number of ether oxygens (including phenoxy) is 3. The molecule has 1 atom stereocenters. The number of methoxy groups -OCH3 is 3. The number of halogens is 2. The van der Waals surface area contributed by atoms with Crippen LogP contribution in [0.1, 0.15) is 25.0 Å². The van der Waals surface area contributed by atoms with E-state index in [9.17, 15) is 18.0 Å². The summed E-state index contributed by atoms with van der Waals surface area (Å²) in [7, 11) is -0.262. The van der Waals surface area contributed by atoms with Crippen molar-refractivity contribution in [3.8, 4) is 17.2 Å². The Hall–Kier alpha value is -4.26. The molecule has 0 radical (unpaired) electrons. The van der Waals surface area contributed by atoms with Gasteiger partial charge in [0.05, 0.1) is 31.9 Å². The first-order valence-electron chi connectivity index (χ1n) is 15.8. The molecule has 0 heterocycles. The molecule has 0 aromatic heterocycles. The van der Waals surface area contributed by atoms with Gasteiger partial charge in [0.25, 0.3) is 10.0 Å². The summed E-state index contributed by atoms with van der Waals surface area (Å²) in [5, 5.41) is 3.21. The summed E-state index contributed by atoms with van der Waals surface area (Å²) in [6.45, 7) is 3.67. The van der Waals surface area contributed by atoms with Gasteiger partial charge in [-0.05, 0) is 59.5 Å². The van der Waals surface area contributed by atoms with Crippen molar-refractivity contribution in [2.24, 2.45) is 5.92 Å². The first kappa shape index (κ1) is 38.5. The van der Waals surface area contributed by atoms with Gasteiger partial charge in [0, 0.05) is 35.1 Å². The molecule has 1 N–H and O–H groups in total. The Labute approximate surface area is 307 Å². The van der Waals surface area contributed by atoms with Crippen molar-refractivity contribution >= 4 is 55.1 Å². The number of anilines is 1. The van der Waals surface area contributed by atoms with Crippen molar-refractivity contribution in [1.29, 1.82) is 0 Å². The Morgan fingerprint density at radius 3 is 2.12 bits per heavy atom. The molecule has 0 saturated heterocycles. The van der Waals surface area contributed by atoms with Gasteiger partial charge in [-0.25, -0.2) is 8.42 Å². The molecule has 266 valence electrons. The normalized spacial score (nSPS) is 11.8. The van der Waals surface area contributed by atoms with Crippen LogP contribution in [0.5, 0.6) is 17.2 Å². The SMILES string of the molecule is COc1ccc(S(=O)(=O)N(CC(=O)N(Cc2cccc(Br)c2)[C@H](Cc2ccccc2)C(=O)NCC(C)C)c2cc(Cl)ccc2OC)cc1OC. The highest BCUT2D eigenvalue weighted by Crippen LogP contribution is 2.37. The highest BCUT2D eigenvalue weighted by Gasteiger charge is 2.36. The molecule has 0 saturated carbocycles. The molecule has 2 amide bonds. The van der Waals surface area contributed by atoms with E-state index in [2.05, 4.69) is 21.2 Å². The van der Waals surface area contributed by atoms with Crippen molar-refractivity contribution < 1.29 is 32.2 Å². The molecule has 13 heteroatoms. The Bertz CT molecular complexity index is 1890. The summed E-state index contributed by atoms with van der Waals surface area (Å²) in [6, 6.07) is 24.4. The van der Waals surface area contributed by atoms with Crippen molar-refractivity contribution in [2.75, 3.05) is 38.7 Å². The molecular formula is C37H41BrClN3O7S. The smallest absolute Gasteiger partial charge is 0.265 e. The summed E-state index contributed by atoms with van der Waals surface area (Å²) in [5.41, 5.74) is 1.60. The van der Waals surface area contributed by atoms with Crippen LogP contribution in [0, 0.1) is 5.92 Å². The first-order chi connectivity index (χ1) is 23.9. The Morgan fingerprint density at radius 1 is 0.820 bits per heavy atom. The highest BCUT2D eigenvalue weighted by atomic mass is 79.9. The van der Waals surface area contributed by atoms with Gasteiger partial charge in [-0.15, -0.1) is 0 Å². The number of nitrogens with zero attached hydrogens (tertiary/aromatic N) is 2. The maximum absolute atomic E-state index is 14.8. The molecule has 4 aromatic carbocycles. The second-order valence-electron chi connectivity index (χ2n) is 11.8. The van der Waals surface area contributed by atoms with Gasteiger partial charge in [-0.2, -0.15) is 0 Å². The van der Waals surface area contributed by atoms with Gasteiger partial charge in [0.15, 0.2) is 11.5 Å². The number of sulfonamides is 1. The van der Waals surface area contributed by atoms with Crippen LogP contribution < -0.4 is 23.8 Å². The van der Waals surface area contributed by atoms with Crippen molar-refractivity contribution in [1.82, 2.24) is 10.2 Å². The zero-order valence-electron chi connectivity index (χ0n) is 28.6. The van der Waals surface area contributed by atoms with Crippen molar-refractivity contribution in [3.63, 3.8) is 0 Å². The van der Waals surface area contributed by atoms with Crippen LogP contribution in [0.15, 0.2) is 100 Å². The number of amides is 2. The van der Waals surface area contributed by atoms with E-state index >= 15 is 0 Å². The summed E-state index contributed by atoms with van der Waals surface area (Å²) in [6.07, 6.45) is 0.188. The van der Waals surface area contributed by atoms with Crippen LogP contribution in [0.2, 0.25) is 5.02 Å². The number of carbonyl (C=O) groups excluding carboxylic acids is 2.